The van der Waals surface area contributed by atoms with Crippen molar-refractivity contribution in [1.29, 1.82) is 0 Å². The van der Waals surface area contributed by atoms with Gasteiger partial charge in [-0.3, -0.25) is 9.48 Å². The van der Waals surface area contributed by atoms with Gasteiger partial charge in [0.25, 0.3) is 0 Å². The predicted octanol–water partition coefficient (Wildman–Crippen LogP) is 1.90. The van der Waals surface area contributed by atoms with Gasteiger partial charge in [-0.05, 0) is 24.5 Å². The smallest absolute Gasteiger partial charge is 0.240 e. The highest BCUT2D eigenvalue weighted by Crippen LogP contribution is 2.26. The fourth-order valence-corrected chi connectivity index (χ4v) is 3.49. The highest BCUT2D eigenvalue weighted by molar-refractivity contribution is 5.85. The number of rotatable bonds is 1. The molecule has 2 bridgehead atoms. The number of pyridine rings is 1. The number of aliphatic hydroxyl groups is 1. The quantitative estimate of drug-likeness (QED) is 0.687. The van der Waals surface area contributed by atoms with Gasteiger partial charge in [0, 0.05) is 12.4 Å². The summed E-state index contributed by atoms with van der Waals surface area (Å²) in [5, 5.41) is 18.8. The highest BCUT2D eigenvalue weighted by atomic mass is 16.5. The zero-order valence-electron chi connectivity index (χ0n) is 15.1. The van der Waals surface area contributed by atoms with Gasteiger partial charge in [0.15, 0.2) is 0 Å². The fourth-order valence-electron chi connectivity index (χ4n) is 3.49. The lowest BCUT2D eigenvalue weighted by Crippen LogP contribution is -2.37. The Bertz CT molecular complexity index is 955. The first kappa shape index (κ1) is 17.5. The van der Waals surface area contributed by atoms with Crippen molar-refractivity contribution in [2.75, 3.05) is 6.61 Å². The average molecular weight is 366 g/mol. The summed E-state index contributed by atoms with van der Waals surface area (Å²) in [5.74, 6) is 0.287. The molecule has 1 amide bonds. The lowest BCUT2D eigenvalue weighted by atomic mass is 9.97. The van der Waals surface area contributed by atoms with Gasteiger partial charge in [-0.25, -0.2) is 4.98 Å². The van der Waals surface area contributed by atoms with E-state index in [0.717, 1.165) is 16.5 Å². The molecular formula is C20H22N4O3. The molecule has 3 aromatic rings. The third-order valence-electron chi connectivity index (χ3n) is 4.82. The van der Waals surface area contributed by atoms with E-state index in [0.29, 0.717) is 31.0 Å². The topological polar surface area (TPSA) is 89.3 Å². The van der Waals surface area contributed by atoms with Gasteiger partial charge in [-0.15, -0.1) is 0 Å². The molecule has 0 saturated carbocycles. The first-order valence-electron chi connectivity index (χ1n) is 9.08. The largest absolute Gasteiger partial charge is 0.476 e. The second kappa shape index (κ2) is 7.36. The van der Waals surface area contributed by atoms with Crippen molar-refractivity contribution in [2.45, 2.75) is 31.4 Å². The van der Waals surface area contributed by atoms with Crippen LogP contribution in [0.1, 0.15) is 30.1 Å². The van der Waals surface area contributed by atoms with E-state index >= 15 is 0 Å². The van der Waals surface area contributed by atoms with Gasteiger partial charge in [0.05, 0.1) is 37.1 Å². The third-order valence-corrected chi connectivity index (χ3v) is 4.82. The van der Waals surface area contributed by atoms with E-state index in [-0.39, 0.29) is 12.3 Å². The molecule has 0 spiro atoms. The maximum Gasteiger partial charge on any atom is 0.240 e. The van der Waals surface area contributed by atoms with Crippen LogP contribution in [0.4, 0.5) is 0 Å². The molecule has 4 rings (SSSR count). The Morgan fingerprint density at radius 1 is 1.30 bits per heavy atom. The molecule has 0 radical (unpaired) electrons. The van der Waals surface area contributed by atoms with Crippen LogP contribution < -0.4 is 10.1 Å². The lowest BCUT2D eigenvalue weighted by Gasteiger charge is -2.25. The van der Waals surface area contributed by atoms with E-state index in [1.807, 2.05) is 43.4 Å². The Morgan fingerprint density at radius 3 is 2.93 bits per heavy atom. The Morgan fingerprint density at radius 2 is 2.11 bits per heavy atom. The van der Waals surface area contributed by atoms with E-state index in [1.165, 1.54) is 0 Å². The third kappa shape index (κ3) is 3.64. The van der Waals surface area contributed by atoms with Gasteiger partial charge < -0.3 is 15.2 Å². The average Bonchev–Trinajstić information content (AvgIpc) is 3.04. The van der Waals surface area contributed by atoms with Crippen molar-refractivity contribution in [2.24, 2.45) is 7.05 Å². The predicted molar refractivity (Wildman–Crippen MR) is 100 cm³/mol. The van der Waals surface area contributed by atoms with Crippen LogP contribution >= 0.6 is 0 Å². The number of aliphatic hydroxyl groups excluding tert-OH is 1. The summed E-state index contributed by atoms with van der Waals surface area (Å²) in [4.78, 5) is 17.2. The van der Waals surface area contributed by atoms with Crippen molar-refractivity contribution in [3.05, 3.63) is 53.9 Å². The molecule has 1 aliphatic rings. The molecule has 7 nitrogen and oxygen atoms in total. The molecule has 1 aliphatic heterocycles. The standard InChI is InChI=1S/C20H22N4O3/c1-24-19-14(12-21-24)10-15-11-17(26)23-18(13-6-3-2-4-7-13)16(25)8-5-9-27-20(19)22-15/h2-4,6-7,10,12,16,18,25H,5,8-9,11H2,1H3,(H,23,26)/t16-,18-/m0/s1. The number of hydrogen-bond donors (Lipinski definition) is 2. The van der Waals surface area contributed by atoms with Crippen molar-refractivity contribution < 1.29 is 14.6 Å². The molecule has 0 aliphatic carbocycles. The van der Waals surface area contributed by atoms with Crippen LogP contribution in [0.2, 0.25) is 0 Å². The summed E-state index contributed by atoms with van der Waals surface area (Å²) in [7, 11) is 1.83. The van der Waals surface area contributed by atoms with Crippen LogP contribution in [-0.4, -0.2) is 38.5 Å². The molecule has 27 heavy (non-hydrogen) atoms. The second-order valence-electron chi connectivity index (χ2n) is 6.82. The highest BCUT2D eigenvalue weighted by Gasteiger charge is 2.24. The number of ether oxygens (including phenoxy) is 1. The number of nitrogens with one attached hydrogen (secondary N) is 1. The van der Waals surface area contributed by atoms with Gasteiger partial charge in [-0.1, -0.05) is 30.3 Å². The van der Waals surface area contributed by atoms with Crippen molar-refractivity contribution in [1.82, 2.24) is 20.1 Å². The Balaban J connectivity index is 1.67. The van der Waals surface area contributed by atoms with Crippen LogP contribution in [0.25, 0.3) is 10.9 Å². The maximum absolute atomic E-state index is 12.7. The zero-order chi connectivity index (χ0) is 18.8. The van der Waals surface area contributed by atoms with Crippen LogP contribution in [0.3, 0.4) is 0 Å². The normalized spacial score (nSPS) is 21.0. The molecule has 0 fully saturated rings. The maximum atomic E-state index is 12.7. The summed E-state index contributed by atoms with van der Waals surface area (Å²) in [6, 6.07) is 10.9. The van der Waals surface area contributed by atoms with Crippen LogP contribution in [0.15, 0.2) is 42.6 Å². The lowest BCUT2D eigenvalue weighted by molar-refractivity contribution is -0.122. The number of nitrogens with zero attached hydrogens (tertiary/aromatic N) is 3. The Labute approximate surface area is 157 Å². The Kier molecular flexibility index (Phi) is 4.77. The van der Waals surface area contributed by atoms with Crippen LogP contribution in [0, 0.1) is 0 Å². The molecule has 2 atom stereocenters. The summed E-state index contributed by atoms with van der Waals surface area (Å²) in [6.07, 6.45) is 2.31. The van der Waals surface area contributed by atoms with Gasteiger partial charge >= 0.3 is 0 Å². The van der Waals surface area contributed by atoms with Gasteiger partial charge in [-0.2, -0.15) is 5.10 Å². The number of hydrogen-bond acceptors (Lipinski definition) is 5. The molecule has 2 aromatic heterocycles. The molecule has 2 N–H and O–H groups in total. The number of fused-ring (bicyclic) bond motifs is 4. The molecular weight excluding hydrogens is 344 g/mol. The molecule has 0 unspecified atom stereocenters. The summed E-state index contributed by atoms with van der Waals surface area (Å²) < 4.78 is 7.60. The van der Waals surface area contributed by atoms with Crippen LogP contribution in [-0.2, 0) is 18.3 Å². The van der Waals surface area contributed by atoms with E-state index in [4.69, 9.17) is 4.74 Å². The summed E-state index contributed by atoms with van der Waals surface area (Å²) in [6.45, 7) is 0.434. The van der Waals surface area contributed by atoms with Crippen molar-refractivity contribution in [3.8, 4) is 5.88 Å². The monoisotopic (exact) mass is 366 g/mol. The number of aromatic nitrogens is 3. The van der Waals surface area contributed by atoms with E-state index in [9.17, 15) is 9.90 Å². The van der Waals surface area contributed by atoms with Crippen molar-refractivity contribution in [3.63, 3.8) is 0 Å². The number of benzene rings is 1. The summed E-state index contributed by atoms with van der Waals surface area (Å²) >= 11 is 0. The summed E-state index contributed by atoms with van der Waals surface area (Å²) in [5.41, 5.74) is 2.30. The Hall–Kier alpha value is -2.93. The fraction of sp³-hybridized carbons (Fsp3) is 0.350. The van der Waals surface area contributed by atoms with E-state index in [2.05, 4.69) is 15.4 Å². The van der Waals surface area contributed by atoms with Crippen molar-refractivity contribution >= 4 is 16.8 Å². The SMILES string of the molecule is Cn1ncc2cc3nc(c21)OCCC[C@H](O)[C@H](c1ccccc1)NC(=O)C3. The molecule has 3 heterocycles. The molecule has 1 aromatic carbocycles. The minimum absolute atomic E-state index is 0.108. The molecule has 0 saturated heterocycles. The zero-order valence-corrected chi connectivity index (χ0v) is 15.1. The first-order chi connectivity index (χ1) is 13.1. The molecule has 140 valence electrons. The minimum atomic E-state index is -0.692. The number of aryl methyl sites for hydroxylation is 1. The second-order valence-corrected chi connectivity index (χ2v) is 6.82. The van der Waals surface area contributed by atoms with Gasteiger partial charge in [0.2, 0.25) is 11.8 Å². The minimum Gasteiger partial charge on any atom is -0.476 e. The molecule has 7 heteroatoms. The number of carbonyl (C=O) groups is 1. The van der Waals surface area contributed by atoms with Crippen LogP contribution in [0.5, 0.6) is 5.88 Å². The van der Waals surface area contributed by atoms with E-state index < -0.39 is 12.1 Å². The number of amides is 1. The van der Waals surface area contributed by atoms with Gasteiger partial charge in [0.1, 0.15) is 5.52 Å². The number of carbonyl (C=O) groups excluding carboxylic acids is 1. The first-order valence-corrected chi connectivity index (χ1v) is 9.08. The van der Waals surface area contributed by atoms with E-state index in [1.54, 1.807) is 10.9 Å².